The number of hydrogen-bond acceptors (Lipinski definition) is 2. The van der Waals surface area contributed by atoms with Crippen LogP contribution in [0.1, 0.15) is 22.3 Å². The monoisotopic (exact) mass is 236 g/mol. The Morgan fingerprint density at radius 3 is 2.88 bits per heavy atom. The van der Waals surface area contributed by atoms with Crippen molar-refractivity contribution in [3.63, 3.8) is 0 Å². The Morgan fingerprint density at radius 2 is 2.29 bits per heavy atom. The van der Waals surface area contributed by atoms with Crippen molar-refractivity contribution < 1.29 is 14.0 Å². The van der Waals surface area contributed by atoms with Gasteiger partial charge < -0.3 is 10.6 Å². The van der Waals surface area contributed by atoms with Crippen LogP contribution in [0.2, 0.25) is 0 Å². The fourth-order valence-electron chi connectivity index (χ4n) is 1.85. The highest BCUT2D eigenvalue weighted by molar-refractivity contribution is 5.96. The quantitative estimate of drug-likeness (QED) is 0.796. The maximum atomic E-state index is 12.9. The molecule has 1 heterocycles. The van der Waals surface area contributed by atoms with Crippen LogP contribution in [0.3, 0.4) is 0 Å². The van der Waals surface area contributed by atoms with E-state index in [0.717, 1.165) is 0 Å². The molecule has 4 nitrogen and oxygen atoms in total. The first kappa shape index (κ1) is 11.6. The molecule has 1 aromatic carbocycles. The molecule has 0 radical (unpaired) electrons. The van der Waals surface area contributed by atoms with Crippen molar-refractivity contribution >= 4 is 11.8 Å². The van der Waals surface area contributed by atoms with E-state index >= 15 is 0 Å². The summed E-state index contributed by atoms with van der Waals surface area (Å²) in [6.45, 7) is 2.13. The summed E-state index contributed by atoms with van der Waals surface area (Å²) in [4.78, 5) is 22.8. The van der Waals surface area contributed by atoms with E-state index in [9.17, 15) is 14.0 Å². The van der Waals surface area contributed by atoms with Gasteiger partial charge in [-0.15, -0.1) is 0 Å². The van der Waals surface area contributed by atoms with E-state index in [-0.39, 0.29) is 23.7 Å². The van der Waals surface area contributed by atoms with Gasteiger partial charge in [-0.2, -0.15) is 0 Å². The molecule has 1 aromatic rings. The summed E-state index contributed by atoms with van der Waals surface area (Å²) in [6, 6.07) is 3.83. The van der Waals surface area contributed by atoms with Crippen LogP contribution in [-0.2, 0) is 4.79 Å². The molecule has 1 fully saturated rings. The number of halogens is 1. The molecular weight excluding hydrogens is 223 g/mol. The summed E-state index contributed by atoms with van der Waals surface area (Å²) in [5, 5.41) is 5.38. The van der Waals surface area contributed by atoms with Crippen molar-refractivity contribution in [3.05, 3.63) is 35.1 Å². The molecule has 2 N–H and O–H groups in total. The van der Waals surface area contributed by atoms with E-state index < -0.39 is 0 Å². The number of benzene rings is 1. The van der Waals surface area contributed by atoms with Crippen LogP contribution in [-0.4, -0.2) is 24.4 Å². The zero-order chi connectivity index (χ0) is 12.4. The van der Waals surface area contributed by atoms with Gasteiger partial charge in [0.1, 0.15) is 5.82 Å². The van der Waals surface area contributed by atoms with Gasteiger partial charge in [0.2, 0.25) is 5.91 Å². The largest absolute Gasteiger partial charge is 0.354 e. The van der Waals surface area contributed by atoms with E-state index in [1.807, 2.05) is 0 Å². The summed E-state index contributed by atoms with van der Waals surface area (Å²) in [5.74, 6) is -0.702. The van der Waals surface area contributed by atoms with E-state index in [1.54, 1.807) is 6.92 Å². The third-order valence-corrected chi connectivity index (χ3v) is 2.75. The lowest BCUT2D eigenvalue weighted by atomic mass is 10.1. The van der Waals surface area contributed by atoms with Crippen LogP contribution in [0, 0.1) is 12.7 Å². The van der Waals surface area contributed by atoms with Crippen LogP contribution in [0.4, 0.5) is 4.39 Å². The minimum Gasteiger partial charge on any atom is -0.354 e. The molecule has 5 heteroatoms. The molecule has 0 bridgehead atoms. The van der Waals surface area contributed by atoms with Gasteiger partial charge in [-0.3, -0.25) is 9.59 Å². The fraction of sp³-hybridized carbons (Fsp3) is 0.333. The van der Waals surface area contributed by atoms with Gasteiger partial charge >= 0.3 is 0 Å². The standard InChI is InChI=1S/C12H13FN2O2/c1-7-4-8(13)2-3-10(7)12(17)15-9-5-11(16)14-6-9/h2-4,9H,5-6H2,1H3,(H,14,16)(H,15,17). The lowest BCUT2D eigenvalue weighted by Gasteiger charge is -2.11. The molecule has 90 valence electrons. The minimum absolute atomic E-state index is 0.0638. The summed E-state index contributed by atoms with van der Waals surface area (Å²) < 4.78 is 12.9. The average Bonchev–Trinajstić information content (AvgIpc) is 2.63. The highest BCUT2D eigenvalue weighted by Gasteiger charge is 2.23. The van der Waals surface area contributed by atoms with Crippen molar-refractivity contribution in [2.24, 2.45) is 0 Å². The second kappa shape index (κ2) is 4.53. The smallest absolute Gasteiger partial charge is 0.251 e. The van der Waals surface area contributed by atoms with E-state index in [2.05, 4.69) is 10.6 Å². The first-order chi connectivity index (χ1) is 8.06. The van der Waals surface area contributed by atoms with Crippen LogP contribution in [0.5, 0.6) is 0 Å². The number of rotatable bonds is 2. The third-order valence-electron chi connectivity index (χ3n) is 2.75. The molecule has 0 aromatic heterocycles. The predicted octanol–water partition coefficient (Wildman–Crippen LogP) is 0.752. The number of aryl methyl sites for hydroxylation is 1. The van der Waals surface area contributed by atoms with Gasteiger partial charge in [0, 0.05) is 18.5 Å². The minimum atomic E-state index is -0.364. The van der Waals surface area contributed by atoms with Crippen molar-refractivity contribution in [2.75, 3.05) is 6.54 Å². The Balaban J connectivity index is 2.07. The molecule has 2 amide bonds. The highest BCUT2D eigenvalue weighted by Crippen LogP contribution is 2.11. The lowest BCUT2D eigenvalue weighted by molar-refractivity contribution is -0.119. The van der Waals surface area contributed by atoms with Crippen molar-refractivity contribution in [1.82, 2.24) is 10.6 Å². The van der Waals surface area contributed by atoms with Gasteiger partial charge in [-0.1, -0.05) is 0 Å². The summed E-state index contributed by atoms with van der Waals surface area (Å²) in [5.41, 5.74) is 1.02. The molecule has 0 saturated carbocycles. The second-order valence-electron chi connectivity index (χ2n) is 4.14. The molecule has 1 aliphatic heterocycles. The molecule has 1 saturated heterocycles. The lowest BCUT2D eigenvalue weighted by Crippen LogP contribution is -2.36. The molecule has 1 unspecified atom stereocenters. The predicted molar refractivity (Wildman–Crippen MR) is 60.0 cm³/mol. The first-order valence-electron chi connectivity index (χ1n) is 5.40. The molecule has 1 atom stereocenters. The molecule has 0 aliphatic carbocycles. The van der Waals surface area contributed by atoms with Gasteiger partial charge in [-0.05, 0) is 30.7 Å². The zero-order valence-electron chi connectivity index (χ0n) is 9.42. The SMILES string of the molecule is Cc1cc(F)ccc1C(=O)NC1CNC(=O)C1. The summed E-state index contributed by atoms with van der Waals surface area (Å²) in [6.07, 6.45) is 0.298. The van der Waals surface area contributed by atoms with Crippen LogP contribution >= 0.6 is 0 Å². The molecule has 0 spiro atoms. The Hall–Kier alpha value is -1.91. The molecular formula is C12H13FN2O2. The van der Waals surface area contributed by atoms with Gasteiger partial charge in [0.05, 0.1) is 6.04 Å². The van der Waals surface area contributed by atoms with Gasteiger partial charge in [-0.25, -0.2) is 4.39 Å². The maximum absolute atomic E-state index is 12.9. The second-order valence-corrected chi connectivity index (χ2v) is 4.14. The van der Waals surface area contributed by atoms with E-state index in [4.69, 9.17) is 0 Å². The summed E-state index contributed by atoms with van der Waals surface area (Å²) >= 11 is 0. The zero-order valence-corrected chi connectivity index (χ0v) is 9.42. The highest BCUT2D eigenvalue weighted by atomic mass is 19.1. The average molecular weight is 236 g/mol. The van der Waals surface area contributed by atoms with Crippen molar-refractivity contribution in [2.45, 2.75) is 19.4 Å². The molecule has 2 rings (SSSR count). The Morgan fingerprint density at radius 1 is 1.53 bits per heavy atom. The molecule has 17 heavy (non-hydrogen) atoms. The Labute approximate surface area is 98.2 Å². The summed E-state index contributed by atoms with van der Waals surface area (Å²) in [7, 11) is 0. The van der Waals surface area contributed by atoms with Crippen molar-refractivity contribution in [1.29, 1.82) is 0 Å². The van der Waals surface area contributed by atoms with E-state index in [0.29, 0.717) is 24.1 Å². The normalized spacial score (nSPS) is 18.9. The number of nitrogens with one attached hydrogen (secondary N) is 2. The van der Waals surface area contributed by atoms with Crippen LogP contribution in [0.25, 0.3) is 0 Å². The maximum Gasteiger partial charge on any atom is 0.251 e. The van der Waals surface area contributed by atoms with E-state index in [1.165, 1.54) is 18.2 Å². The first-order valence-corrected chi connectivity index (χ1v) is 5.40. The molecule has 1 aliphatic rings. The van der Waals surface area contributed by atoms with Gasteiger partial charge in [0.15, 0.2) is 0 Å². The third kappa shape index (κ3) is 2.61. The van der Waals surface area contributed by atoms with Crippen LogP contribution in [0.15, 0.2) is 18.2 Å². The number of amides is 2. The number of hydrogen-bond donors (Lipinski definition) is 2. The number of carbonyl (C=O) groups excluding carboxylic acids is 2. The van der Waals surface area contributed by atoms with Crippen molar-refractivity contribution in [3.8, 4) is 0 Å². The Bertz CT molecular complexity index is 474. The number of carbonyl (C=O) groups is 2. The van der Waals surface area contributed by atoms with Gasteiger partial charge in [0.25, 0.3) is 5.91 Å². The fourth-order valence-corrected chi connectivity index (χ4v) is 1.85. The van der Waals surface area contributed by atoms with Crippen LogP contribution < -0.4 is 10.6 Å². The Kier molecular flexibility index (Phi) is 3.08. The topological polar surface area (TPSA) is 58.2 Å².